The average molecular weight is 321 g/mol. The number of hydrazone groups is 1. The zero-order valence-electron chi connectivity index (χ0n) is 11.6. The van der Waals surface area contributed by atoms with Crippen LogP contribution in [0.5, 0.6) is 0 Å². The summed E-state index contributed by atoms with van der Waals surface area (Å²) in [5.74, 6) is -0.0496. The molecule has 2 aromatic rings. The largest absolute Gasteiger partial charge is 0.273 e. The molecule has 1 aromatic heterocycles. The normalized spacial score (nSPS) is 10.9. The molecular formula is C16H17ClN2OS. The molecule has 0 aliphatic heterocycles. The first-order chi connectivity index (χ1) is 10.2. The first-order valence-electron chi connectivity index (χ1n) is 6.84. The molecule has 21 heavy (non-hydrogen) atoms. The highest BCUT2D eigenvalue weighted by Crippen LogP contribution is 2.12. The maximum Gasteiger partial charge on any atom is 0.240 e. The van der Waals surface area contributed by atoms with E-state index in [4.69, 9.17) is 11.6 Å². The molecule has 1 amide bonds. The van der Waals surface area contributed by atoms with Gasteiger partial charge in [0.2, 0.25) is 5.91 Å². The number of thiophene rings is 1. The Morgan fingerprint density at radius 3 is 2.76 bits per heavy atom. The van der Waals surface area contributed by atoms with Crippen LogP contribution in [0.3, 0.4) is 0 Å². The maximum absolute atomic E-state index is 11.6. The van der Waals surface area contributed by atoms with Crippen LogP contribution in [0.2, 0.25) is 5.02 Å². The Labute approximate surface area is 133 Å². The summed E-state index contributed by atoms with van der Waals surface area (Å²) >= 11 is 7.55. The molecule has 0 unspecified atom stereocenters. The number of unbranched alkanes of at least 4 members (excludes halogenated alkanes) is 1. The second-order valence-corrected chi connectivity index (χ2v) is 6.10. The molecule has 0 fully saturated rings. The van der Waals surface area contributed by atoms with E-state index in [0.29, 0.717) is 11.4 Å². The van der Waals surface area contributed by atoms with Crippen molar-refractivity contribution >= 4 is 35.1 Å². The van der Waals surface area contributed by atoms with Gasteiger partial charge in [-0.2, -0.15) is 5.10 Å². The zero-order chi connectivity index (χ0) is 14.9. The molecule has 0 aliphatic rings. The number of aryl methyl sites for hydroxylation is 1. The van der Waals surface area contributed by atoms with Crippen LogP contribution in [0.25, 0.3) is 0 Å². The maximum atomic E-state index is 11.6. The highest BCUT2D eigenvalue weighted by molar-refractivity contribution is 7.09. The van der Waals surface area contributed by atoms with Gasteiger partial charge in [-0.15, -0.1) is 11.3 Å². The van der Waals surface area contributed by atoms with E-state index in [-0.39, 0.29) is 5.91 Å². The molecule has 3 nitrogen and oxygen atoms in total. The summed E-state index contributed by atoms with van der Waals surface area (Å²) in [5.41, 5.74) is 3.44. The van der Waals surface area contributed by atoms with Crippen molar-refractivity contribution in [2.45, 2.75) is 25.7 Å². The van der Waals surface area contributed by atoms with Crippen LogP contribution in [-0.2, 0) is 11.2 Å². The predicted octanol–water partition coefficient (Wildman–Crippen LogP) is 4.26. The summed E-state index contributed by atoms with van der Waals surface area (Å²) in [6.45, 7) is 0. The Kier molecular flexibility index (Phi) is 6.44. The lowest BCUT2D eigenvalue weighted by Crippen LogP contribution is -2.16. The minimum absolute atomic E-state index is 0.0496. The van der Waals surface area contributed by atoms with Crippen LogP contribution in [0, 0.1) is 0 Å². The molecule has 0 saturated heterocycles. The van der Waals surface area contributed by atoms with Gasteiger partial charge in [0.05, 0.1) is 6.21 Å². The van der Waals surface area contributed by atoms with Gasteiger partial charge in [-0.05, 0) is 48.4 Å². The van der Waals surface area contributed by atoms with Gasteiger partial charge in [-0.3, -0.25) is 4.79 Å². The molecule has 110 valence electrons. The molecule has 1 N–H and O–H groups in total. The molecule has 0 saturated carbocycles. The van der Waals surface area contributed by atoms with Crippen LogP contribution < -0.4 is 5.43 Å². The third kappa shape index (κ3) is 6.10. The van der Waals surface area contributed by atoms with E-state index >= 15 is 0 Å². The van der Waals surface area contributed by atoms with Gasteiger partial charge in [0, 0.05) is 16.3 Å². The lowest BCUT2D eigenvalue weighted by Gasteiger charge is -2.00. The third-order valence-corrected chi connectivity index (χ3v) is 4.12. The number of nitrogens with zero attached hydrogens (tertiary/aromatic N) is 1. The lowest BCUT2D eigenvalue weighted by atomic mass is 10.2. The Bertz CT molecular complexity index is 579. The fraction of sp³-hybridized carbons (Fsp3) is 0.250. The minimum atomic E-state index is -0.0496. The highest BCUT2D eigenvalue weighted by atomic mass is 35.5. The monoisotopic (exact) mass is 320 g/mol. The van der Waals surface area contributed by atoms with Crippen LogP contribution in [0.1, 0.15) is 29.7 Å². The van der Waals surface area contributed by atoms with Crippen LogP contribution in [0.4, 0.5) is 0 Å². The van der Waals surface area contributed by atoms with Crippen molar-refractivity contribution in [1.29, 1.82) is 0 Å². The van der Waals surface area contributed by atoms with Crippen LogP contribution in [0.15, 0.2) is 46.9 Å². The summed E-state index contributed by atoms with van der Waals surface area (Å²) in [5, 5.41) is 6.69. The average Bonchev–Trinajstić information content (AvgIpc) is 2.99. The molecule has 0 aliphatic carbocycles. The van der Waals surface area contributed by atoms with Crippen LogP contribution in [-0.4, -0.2) is 12.1 Å². The van der Waals surface area contributed by atoms with E-state index in [9.17, 15) is 4.79 Å². The van der Waals surface area contributed by atoms with E-state index < -0.39 is 0 Å². The summed E-state index contributed by atoms with van der Waals surface area (Å²) < 4.78 is 0. The van der Waals surface area contributed by atoms with E-state index in [0.717, 1.165) is 24.8 Å². The quantitative estimate of drug-likeness (QED) is 0.462. The summed E-state index contributed by atoms with van der Waals surface area (Å²) in [6.07, 6.45) is 5.05. The zero-order valence-corrected chi connectivity index (χ0v) is 13.2. The van der Waals surface area contributed by atoms with Gasteiger partial charge in [0.1, 0.15) is 0 Å². The summed E-state index contributed by atoms with van der Waals surface area (Å²) in [6, 6.07) is 11.4. The van der Waals surface area contributed by atoms with Crippen molar-refractivity contribution in [2.24, 2.45) is 5.10 Å². The number of halogens is 1. The van der Waals surface area contributed by atoms with Gasteiger partial charge in [-0.1, -0.05) is 29.8 Å². The first-order valence-corrected chi connectivity index (χ1v) is 8.09. The standard InChI is InChI=1S/C16H17ClN2OS/c17-14-9-7-13(8-10-14)12-18-19-16(20)6-2-1-4-15-5-3-11-21-15/h3,5,7-12H,1-2,4,6H2,(H,19,20)/b18-12+. The number of benzene rings is 1. The fourth-order valence-electron chi connectivity index (χ4n) is 1.82. The van der Waals surface area contributed by atoms with Gasteiger partial charge in [0.15, 0.2) is 0 Å². The smallest absolute Gasteiger partial charge is 0.240 e. The number of rotatable bonds is 7. The minimum Gasteiger partial charge on any atom is -0.273 e. The van der Waals surface area contributed by atoms with E-state index in [2.05, 4.69) is 28.0 Å². The number of hydrogen-bond acceptors (Lipinski definition) is 3. The first kappa shape index (κ1) is 15.7. The van der Waals surface area contributed by atoms with Crippen molar-refractivity contribution in [1.82, 2.24) is 5.43 Å². The third-order valence-electron chi connectivity index (χ3n) is 2.93. The van der Waals surface area contributed by atoms with Crippen molar-refractivity contribution < 1.29 is 4.79 Å². The van der Waals surface area contributed by atoms with Gasteiger partial charge >= 0.3 is 0 Å². The number of hydrogen-bond donors (Lipinski definition) is 1. The SMILES string of the molecule is O=C(CCCCc1cccs1)N/N=C/c1ccc(Cl)cc1. The molecule has 0 atom stereocenters. The fourth-order valence-corrected chi connectivity index (χ4v) is 2.70. The molecule has 0 radical (unpaired) electrons. The Morgan fingerprint density at radius 2 is 2.05 bits per heavy atom. The number of carbonyl (C=O) groups is 1. The predicted molar refractivity (Wildman–Crippen MR) is 89.1 cm³/mol. The van der Waals surface area contributed by atoms with E-state index in [1.54, 1.807) is 29.7 Å². The number of nitrogens with one attached hydrogen (secondary N) is 1. The second-order valence-electron chi connectivity index (χ2n) is 4.63. The highest BCUT2D eigenvalue weighted by Gasteiger charge is 2.00. The molecule has 0 spiro atoms. The van der Waals surface area contributed by atoms with E-state index in [1.165, 1.54) is 4.88 Å². The molecule has 0 bridgehead atoms. The van der Waals surface area contributed by atoms with Crippen molar-refractivity contribution in [3.8, 4) is 0 Å². The van der Waals surface area contributed by atoms with Gasteiger partial charge < -0.3 is 0 Å². The summed E-state index contributed by atoms with van der Waals surface area (Å²) in [7, 11) is 0. The molecule has 1 heterocycles. The topological polar surface area (TPSA) is 41.5 Å². The molecule has 2 rings (SSSR count). The van der Waals surface area contributed by atoms with Gasteiger partial charge in [0.25, 0.3) is 0 Å². The molecular weight excluding hydrogens is 304 g/mol. The lowest BCUT2D eigenvalue weighted by molar-refractivity contribution is -0.121. The van der Waals surface area contributed by atoms with Crippen molar-refractivity contribution in [3.63, 3.8) is 0 Å². The second kappa shape index (κ2) is 8.60. The van der Waals surface area contributed by atoms with Crippen molar-refractivity contribution in [3.05, 3.63) is 57.2 Å². The Morgan fingerprint density at radius 1 is 1.24 bits per heavy atom. The summed E-state index contributed by atoms with van der Waals surface area (Å²) in [4.78, 5) is 13.0. The van der Waals surface area contributed by atoms with Crippen LogP contribution >= 0.6 is 22.9 Å². The molecule has 5 heteroatoms. The van der Waals surface area contributed by atoms with Gasteiger partial charge in [-0.25, -0.2) is 5.43 Å². The Balaban J connectivity index is 1.62. The Hall–Kier alpha value is -1.65. The number of amides is 1. The van der Waals surface area contributed by atoms with Crippen molar-refractivity contribution in [2.75, 3.05) is 0 Å². The van der Waals surface area contributed by atoms with E-state index in [1.807, 2.05) is 12.1 Å². The number of carbonyl (C=O) groups excluding carboxylic acids is 1. The molecule has 1 aromatic carbocycles.